The molecule has 0 saturated heterocycles. The highest BCUT2D eigenvalue weighted by Crippen LogP contribution is 2.30. The molecule has 0 N–H and O–H groups in total. The monoisotopic (exact) mass is 334 g/mol. The van der Waals surface area contributed by atoms with Gasteiger partial charge in [-0.2, -0.15) is 0 Å². The Bertz CT molecular complexity index is 827. The molecule has 0 aliphatic rings. The van der Waals surface area contributed by atoms with Crippen LogP contribution in [0.3, 0.4) is 0 Å². The fourth-order valence-corrected chi connectivity index (χ4v) is 2.50. The number of hydrogen-bond donors (Lipinski definition) is 0. The Balaban J connectivity index is 0.000000924. The van der Waals surface area contributed by atoms with E-state index < -0.39 is 0 Å². The van der Waals surface area contributed by atoms with Gasteiger partial charge in [0, 0.05) is 17.8 Å². The average molecular weight is 335 g/mol. The first kappa shape index (κ1) is 17.3. The standard InChI is InChI=1S/C15H14ClFN4.C2H6/c1-8(2)21-7-19-15-12(17)4-10(5-13(15)21)14-11(16)6-18-9(3)20-14;1-2/h4-8H,1-3H3;1-2H3. The van der Waals surface area contributed by atoms with E-state index in [1.807, 2.05) is 38.3 Å². The van der Waals surface area contributed by atoms with Crippen molar-refractivity contribution in [3.63, 3.8) is 0 Å². The average Bonchev–Trinajstić information content (AvgIpc) is 2.96. The number of nitrogens with zero attached hydrogens (tertiary/aromatic N) is 4. The van der Waals surface area contributed by atoms with Crippen molar-refractivity contribution >= 4 is 22.6 Å². The van der Waals surface area contributed by atoms with Crippen molar-refractivity contribution in [2.24, 2.45) is 0 Å². The van der Waals surface area contributed by atoms with Crippen molar-refractivity contribution in [2.45, 2.75) is 40.7 Å². The quantitative estimate of drug-likeness (QED) is 0.646. The van der Waals surface area contributed by atoms with Crippen molar-refractivity contribution in [3.05, 3.63) is 41.3 Å². The Hall–Kier alpha value is -2.01. The molecular weight excluding hydrogens is 315 g/mol. The molecule has 0 aliphatic heterocycles. The molecule has 23 heavy (non-hydrogen) atoms. The van der Waals surface area contributed by atoms with Gasteiger partial charge in [0.1, 0.15) is 11.3 Å². The van der Waals surface area contributed by atoms with Crippen LogP contribution in [0.25, 0.3) is 22.3 Å². The van der Waals surface area contributed by atoms with Crippen LogP contribution in [0.1, 0.15) is 39.6 Å². The van der Waals surface area contributed by atoms with Crippen LogP contribution in [0.2, 0.25) is 5.02 Å². The molecule has 2 heterocycles. The Kier molecular flexibility index (Phi) is 5.31. The topological polar surface area (TPSA) is 43.6 Å². The largest absolute Gasteiger partial charge is 0.328 e. The third-order valence-corrected chi connectivity index (χ3v) is 3.60. The predicted molar refractivity (Wildman–Crippen MR) is 92.2 cm³/mol. The second-order valence-electron chi connectivity index (χ2n) is 5.19. The summed E-state index contributed by atoms with van der Waals surface area (Å²) in [6.07, 6.45) is 3.18. The van der Waals surface area contributed by atoms with Gasteiger partial charge in [-0.1, -0.05) is 25.4 Å². The minimum Gasteiger partial charge on any atom is -0.328 e. The first-order valence-electron chi connectivity index (χ1n) is 7.63. The minimum absolute atomic E-state index is 0.187. The molecule has 4 nitrogen and oxygen atoms in total. The van der Waals surface area contributed by atoms with E-state index in [1.54, 1.807) is 13.3 Å². The lowest BCUT2D eigenvalue weighted by Gasteiger charge is -2.10. The third kappa shape index (κ3) is 3.34. The van der Waals surface area contributed by atoms with Gasteiger partial charge in [0.15, 0.2) is 5.82 Å². The minimum atomic E-state index is -0.380. The van der Waals surface area contributed by atoms with Gasteiger partial charge in [0.2, 0.25) is 0 Å². The first-order valence-corrected chi connectivity index (χ1v) is 8.00. The Morgan fingerprint density at radius 1 is 1.17 bits per heavy atom. The predicted octanol–water partition coefficient (Wildman–Crippen LogP) is 5.20. The van der Waals surface area contributed by atoms with Crippen molar-refractivity contribution in [2.75, 3.05) is 0 Å². The Morgan fingerprint density at radius 3 is 2.52 bits per heavy atom. The lowest BCUT2D eigenvalue weighted by molar-refractivity contribution is 0.617. The molecule has 0 atom stereocenters. The summed E-state index contributed by atoms with van der Waals surface area (Å²) >= 11 is 6.14. The van der Waals surface area contributed by atoms with E-state index in [0.29, 0.717) is 27.6 Å². The molecule has 0 amide bonds. The third-order valence-electron chi connectivity index (χ3n) is 3.33. The van der Waals surface area contributed by atoms with Crippen molar-refractivity contribution in [1.29, 1.82) is 0 Å². The van der Waals surface area contributed by atoms with E-state index in [0.717, 1.165) is 5.52 Å². The van der Waals surface area contributed by atoms with E-state index in [-0.39, 0.29) is 11.9 Å². The zero-order valence-electron chi connectivity index (χ0n) is 13.9. The SMILES string of the molecule is CC.Cc1ncc(Cl)c(-c2cc(F)c3ncn(C(C)C)c3c2)n1. The number of aryl methyl sites for hydroxylation is 1. The van der Waals surface area contributed by atoms with Crippen LogP contribution in [-0.4, -0.2) is 19.5 Å². The highest BCUT2D eigenvalue weighted by molar-refractivity contribution is 6.32. The van der Waals surface area contributed by atoms with Gasteiger partial charge in [0.05, 0.1) is 22.6 Å². The van der Waals surface area contributed by atoms with Gasteiger partial charge < -0.3 is 4.57 Å². The van der Waals surface area contributed by atoms with Crippen LogP contribution in [0.15, 0.2) is 24.7 Å². The van der Waals surface area contributed by atoms with E-state index in [9.17, 15) is 4.39 Å². The highest BCUT2D eigenvalue weighted by Gasteiger charge is 2.15. The molecule has 6 heteroatoms. The lowest BCUT2D eigenvalue weighted by atomic mass is 10.1. The van der Waals surface area contributed by atoms with E-state index in [4.69, 9.17) is 11.6 Å². The van der Waals surface area contributed by atoms with Gasteiger partial charge in [-0.25, -0.2) is 19.3 Å². The van der Waals surface area contributed by atoms with Crippen LogP contribution < -0.4 is 0 Å². The summed E-state index contributed by atoms with van der Waals surface area (Å²) in [5.41, 5.74) is 2.24. The first-order chi connectivity index (χ1) is 11.0. The molecule has 0 fully saturated rings. The molecule has 0 bridgehead atoms. The summed E-state index contributed by atoms with van der Waals surface area (Å²) in [7, 11) is 0. The summed E-state index contributed by atoms with van der Waals surface area (Å²) < 4.78 is 16.2. The van der Waals surface area contributed by atoms with Crippen LogP contribution in [0.5, 0.6) is 0 Å². The second-order valence-corrected chi connectivity index (χ2v) is 5.59. The van der Waals surface area contributed by atoms with Gasteiger partial charge in [-0.15, -0.1) is 0 Å². The summed E-state index contributed by atoms with van der Waals surface area (Å²) in [5.74, 6) is 0.210. The fraction of sp³-hybridized carbons (Fsp3) is 0.353. The molecule has 122 valence electrons. The summed E-state index contributed by atoms with van der Waals surface area (Å²) in [4.78, 5) is 12.5. The van der Waals surface area contributed by atoms with Crippen molar-refractivity contribution in [3.8, 4) is 11.3 Å². The number of aromatic nitrogens is 4. The van der Waals surface area contributed by atoms with Gasteiger partial charge in [0.25, 0.3) is 0 Å². The number of imidazole rings is 1. The molecule has 0 aliphatic carbocycles. The molecule has 0 radical (unpaired) electrons. The smallest absolute Gasteiger partial charge is 0.151 e. The fourth-order valence-electron chi connectivity index (χ4n) is 2.30. The molecule has 1 aromatic carbocycles. The van der Waals surface area contributed by atoms with Gasteiger partial charge in [-0.3, -0.25) is 0 Å². The number of rotatable bonds is 2. The number of hydrogen-bond acceptors (Lipinski definition) is 3. The van der Waals surface area contributed by atoms with Crippen molar-refractivity contribution < 1.29 is 4.39 Å². The van der Waals surface area contributed by atoms with Crippen LogP contribution in [0.4, 0.5) is 4.39 Å². The highest BCUT2D eigenvalue weighted by atomic mass is 35.5. The zero-order chi connectivity index (χ0) is 17.1. The Morgan fingerprint density at radius 2 is 1.87 bits per heavy atom. The van der Waals surface area contributed by atoms with Crippen LogP contribution >= 0.6 is 11.6 Å². The van der Waals surface area contributed by atoms with Gasteiger partial charge in [-0.05, 0) is 32.9 Å². The van der Waals surface area contributed by atoms with Crippen LogP contribution in [0, 0.1) is 12.7 Å². The molecule has 3 aromatic rings. The van der Waals surface area contributed by atoms with E-state index >= 15 is 0 Å². The number of halogens is 2. The molecule has 0 unspecified atom stereocenters. The maximum atomic E-state index is 14.3. The molecule has 2 aromatic heterocycles. The Labute approximate surface area is 140 Å². The second kappa shape index (κ2) is 7.04. The van der Waals surface area contributed by atoms with Crippen LogP contribution in [-0.2, 0) is 0 Å². The normalized spacial score (nSPS) is 10.8. The maximum Gasteiger partial charge on any atom is 0.151 e. The lowest BCUT2D eigenvalue weighted by Crippen LogP contribution is -1.99. The summed E-state index contributed by atoms with van der Waals surface area (Å²) in [6, 6.07) is 3.46. The maximum absolute atomic E-state index is 14.3. The zero-order valence-corrected chi connectivity index (χ0v) is 14.7. The summed E-state index contributed by atoms with van der Waals surface area (Å²) in [6.45, 7) is 9.81. The molecule has 0 saturated carbocycles. The van der Waals surface area contributed by atoms with Crippen molar-refractivity contribution in [1.82, 2.24) is 19.5 Å². The number of benzene rings is 1. The molecule has 0 spiro atoms. The molecular formula is C17H20ClFN4. The van der Waals surface area contributed by atoms with Gasteiger partial charge >= 0.3 is 0 Å². The number of fused-ring (bicyclic) bond motifs is 1. The van der Waals surface area contributed by atoms with E-state index in [2.05, 4.69) is 15.0 Å². The summed E-state index contributed by atoms with van der Waals surface area (Å²) in [5, 5.41) is 0.398. The molecule has 3 rings (SSSR count). The van der Waals surface area contributed by atoms with E-state index in [1.165, 1.54) is 12.3 Å².